The van der Waals surface area contributed by atoms with Gasteiger partial charge in [0, 0.05) is 51.5 Å². The van der Waals surface area contributed by atoms with E-state index < -0.39 is 0 Å². The molecular formula is C21H32N4O3. The van der Waals surface area contributed by atoms with E-state index in [-0.39, 0.29) is 11.8 Å². The molecule has 0 aliphatic carbocycles. The molecule has 7 heteroatoms. The zero-order chi connectivity index (χ0) is 19.9. The van der Waals surface area contributed by atoms with Crippen molar-refractivity contribution in [2.75, 3.05) is 77.0 Å². The van der Waals surface area contributed by atoms with Gasteiger partial charge in [-0.25, -0.2) is 0 Å². The second kappa shape index (κ2) is 10.0. The van der Waals surface area contributed by atoms with E-state index in [1.807, 2.05) is 47.9 Å². The van der Waals surface area contributed by atoms with Gasteiger partial charge >= 0.3 is 0 Å². The summed E-state index contributed by atoms with van der Waals surface area (Å²) in [7, 11) is 0. The monoisotopic (exact) mass is 388 g/mol. The second-order valence-electron chi connectivity index (χ2n) is 7.47. The van der Waals surface area contributed by atoms with E-state index in [0.29, 0.717) is 45.9 Å². The smallest absolute Gasteiger partial charge is 0.241 e. The third-order valence-electron chi connectivity index (χ3n) is 5.57. The lowest BCUT2D eigenvalue weighted by Gasteiger charge is -2.36. The highest BCUT2D eigenvalue weighted by Gasteiger charge is 2.25. The fourth-order valence-corrected chi connectivity index (χ4v) is 3.83. The van der Waals surface area contributed by atoms with Crippen molar-refractivity contribution in [3.63, 3.8) is 0 Å². The molecule has 0 spiro atoms. The molecule has 0 unspecified atom stereocenters. The number of benzene rings is 1. The number of morpholine rings is 1. The number of hydrogen-bond acceptors (Lipinski definition) is 5. The molecule has 0 N–H and O–H groups in total. The van der Waals surface area contributed by atoms with Gasteiger partial charge in [-0.2, -0.15) is 0 Å². The van der Waals surface area contributed by atoms with Gasteiger partial charge in [0.05, 0.1) is 26.3 Å². The Morgan fingerprint density at radius 2 is 1.57 bits per heavy atom. The van der Waals surface area contributed by atoms with Gasteiger partial charge in [-0.05, 0) is 25.5 Å². The predicted octanol–water partition coefficient (Wildman–Crippen LogP) is 0.824. The fraction of sp³-hybridized carbons (Fsp3) is 0.619. The number of rotatable bonds is 6. The Morgan fingerprint density at radius 1 is 0.964 bits per heavy atom. The van der Waals surface area contributed by atoms with Gasteiger partial charge in [-0.15, -0.1) is 0 Å². The van der Waals surface area contributed by atoms with Crippen LogP contribution in [0.15, 0.2) is 24.3 Å². The Labute approximate surface area is 167 Å². The van der Waals surface area contributed by atoms with Crippen LogP contribution in [0.1, 0.15) is 12.5 Å². The molecular weight excluding hydrogens is 356 g/mol. The normalized spacial score (nSPS) is 18.9. The molecule has 2 heterocycles. The van der Waals surface area contributed by atoms with Crippen LogP contribution in [-0.2, 0) is 14.3 Å². The molecule has 1 aromatic carbocycles. The summed E-state index contributed by atoms with van der Waals surface area (Å²) in [5.41, 5.74) is 2.11. The van der Waals surface area contributed by atoms with Crippen LogP contribution in [0.25, 0.3) is 0 Å². The molecule has 3 rings (SSSR count). The van der Waals surface area contributed by atoms with Crippen LogP contribution in [0, 0.1) is 6.92 Å². The minimum absolute atomic E-state index is 0.134. The van der Waals surface area contributed by atoms with Crippen LogP contribution < -0.4 is 4.90 Å². The summed E-state index contributed by atoms with van der Waals surface area (Å²) in [6, 6.07) is 8.01. The fourth-order valence-electron chi connectivity index (χ4n) is 3.83. The lowest BCUT2D eigenvalue weighted by atomic mass is 10.1. The van der Waals surface area contributed by atoms with Gasteiger partial charge < -0.3 is 14.5 Å². The number of carbonyl (C=O) groups excluding carboxylic acids is 2. The summed E-state index contributed by atoms with van der Waals surface area (Å²) < 4.78 is 5.31. The number of hydrogen-bond donors (Lipinski definition) is 0. The number of anilines is 1. The standard InChI is InChI=1S/C21H32N4O3/c1-3-25(19-7-5-4-6-18(19)2)21(27)17-23-10-8-22(9-11-23)16-20(26)24-12-14-28-15-13-24/h4-7H,3,8-17H2,1-2H3. The largest absolute Gasteiger partial charge is 0.378 e. The van der Waals surface area contributed by atoms with Crippen LogP contribution in [-0.4, -0.2) is 98.6 Å². The van der Waals surface area contributed by atoms with Gasteiger partial charge in [-0.3, -0.25) is 19.4 Å². The molecule has 0 bridgehead atoms. The lowest BCUT2D eigenvalue weighted by Crippen LogP contribution is -2.53. The highest BCUT2D eigenvalue weighted by atomic mass is 16.5. The summed E-state index contributed by atoms with van der Waals surface area (Å²) in [5.74, 6) is 0.319. The highest BCUT2D eigenvalue weighted by molar-refractivity contribution is 5.95. The highest BCUT2D eigenvalue weighted by Crippen LogP contribution is 2.19. The maximum absolute atomic E-state index is 12.9. The Balaban J connectivity index is 1.46. The van der Waals surface area contributed by atoms with E-state index in [0.717, 1.165) is 37.4 Å². The van der Waals surface area contributed by atoms with Crippen molar-refractivity contribution in [1.82, 2.24) is 14.7 Å². The second-order valence-corrected chi connectivity index (χ2v) is 7.47. The number of para-hydroxylation sites is 1. The quantitative estimate of drug-likeness (QED) is 0.722. The summed E-state index contributed by atoms with van der Waals surface area (Å²) in [6.07, 6.45) is 0. The number of ether oxygens (including phenoxy) is 1. The Kier molecular flexibility index (Phi) is 7.42. The molecule has 0 atom stereocenters. The first kappa shape index (κ1) is 20.8. The van der Waals surface area contributed by atoms with Crippen LogP contribution in [0.4, 0.5) is 5.69 Å². The molecule has 1 aromatic rings. The van der Waals surface area contributed by atoms with Crippen molar-refractivity contribution in [3.8, 4) is 0 Å². The number of piperazine rings is 1. The first-order chi connectivity index (χ1) is 13.6. The lowest BCUT2D eigenvalue weighted by molar-refractivity contribution is -0.137. The van der Waals surface area contributed by atoms with Gasteiger partial charge in [0.1, 0.15) is 0 Å². The number of aryl methyl sites for hydroxylation is 1. The number of nitrogens with zero attached hydrogens (tertiary/aromatic N) is 4. The zero-order valence-electron chi connectivity index (χ0n) is 17.1. The van der Waals surface area contributed by atoms with Crippen LogP contribution in [0.5, 0.6) is 0 Å². The molecule has 0 saturated carbocycles. The van der Waals surface area contributed by atoms with Crippen LogP contribution >= 0.6 is 0 Å². The van der Waals surface area contributed by atoms with Crippen molar-refractivity contribution < 1.29 is 14.3 Å². The van der Waals surface area contributed by atoms with E-state index in [4.69, 9.17) is 4.74 Å². The third kappa shape index (κ3) is 5.31. The van der Waals surface area contributed by atoms with Crippen molar-refractivity contribution in [2.45, 2.75) is 13.8 Å². The van der Waals surface area contributed by atoms with Crippen molar-refractivity contribution in [3.05, 3.63) is 29.8 Å². The van der Waals surface area contributed by atoms with Crippen molar-refractivity contribution >= 4 is 17.5 Å². The van der Waals surface area contributed by atoms with E-state index in [2.05, 4.69) is 9.80 Å². The molecule has 154 valence electrons. The average Bonchev–Trinajstić information content (AvgIpc) is 2.72. The molecule has 0 aromatic heterocycles. The van der Waals surface area contributed by atoms with Gasteiger partial charge in [0.25, 0.3) is 0 Å². The maximum atomic E-state index is 12.9. The zero-order valence-corrected chi connectivity index (χ0v) is 17.1. The molecule has 2 aliphatic rings. The van der Waals surface area contributed by atoms with E-state index >= 15 is 0 Å². The molecule has 2 aliphatic heterocycles. The molecule has 2 amide bonds. The molecule has 2 fully saturated rings. The molecule has 2 saturated heterocycles. The predicted molar refractivity (Wildman–Crippen MR) is 109 cm³/mol. The summed E-state index contributed by atoms with van der Waals surface area (Å²) >= 11 is 0. The van der Waals surface area contributed by atoms with E-state index in [9.17, 15) is 9.59 Å². The third-order valence-corrected chi connectivity index (χ3v) is 5.57. The minimum Gasteiger partial charge on any atom is -0.378 e. The van der Waals surface area contributed by atoms with Crippen LogP contribution in [0.2, 0.25) is 0 Å². The number of likely N-dealkylation sites (N-methyl/N-ethyl adjacent to an activating group) is 1. The topological polar surface area (TPSA) is 56.3 Å². The first-order valence-electron chi connectivity index (χ1n) is 10.2. The Hall–Kier alpha value is -1.96. The molecule has 7 nitrogen and oxygen atoms in total. The van der Waals surface area contributed by atoms with Crippen molar-refractivity contribution in [1.29, 1.82) is 0 Å². The molecule has 0 radical (unpaired) electrons. The van der Waals surface area contributed by atoms with Gasteiger partial charge in [-0.1, -0.05) is 18.2 Å². The Morgan fingerprint density at radius 3 is 2.18 bits per heavy atom. The summed E-state index contributed by atoms with van der Waals surface area (Å²) in [6.45, 7) is 11.5. The van der Waals surface area contributed by atoms with Gasteiger partial charge in [0.15, 0.2) is 0 Å². The van der Waals surface area contributed by atoms with E-state index in [1.54, 1.807) is 0 Å². The maximum Gasteiger partial charge on any atom is 0.241 e. The number of carbonyl (C=O) groups is 2. The van der Waals surface area contributed by atoms with Gasteiger partial charge in [0.2, 0.25) is 11.8 Å². The number of amides is 2. The Bertz CT molecular complexity index is 667. The average molecular weight is 389 g/mol. The SMILES string of the molecule is CCN(C(=O)CN1CCN(CC(=O)N2CCOCC2)CC1)c1ccccc1C. The summed E-state index contributed by atoms with van der Waals surface area (Å²) in [4.78, 5) is 33.4. The van der Waals surface area contributed by atoms with Crippen molar-refractivity contribution in [2.24, 2.45) is 0 Å². The summed E-state index contributed by atoms with van der Waals surface area (Å²) in [5, 5.41) is 0. The molecule has 28 heavy (non-hydrogen) atoms. The first-order valence-corrected chi connectivity index (χ1v) is 10.2. The van der Waals surface area contributed by atoms with Crippen LogP contribution in [0.3, 0.4) is 0 Å². The van der Waals surface area contributed by atoms with E-state index in [1.165, 1.54) is 0 Å². The minimum atomic E-state index is 0.134.